The van der Waals surface area contributed by atoms with Crippen LogP contribution in [0.25, 0.3) is 0 Å². The van der Waals surface area contributed by atoms with Crippen molar-refractivity contribution in [2.45, 2.75) is 32.7 Å². The Hall–Kier alpha value is -1.06. The number of rotatable bonds is 7. The summed E-state index contributed by atoms with van der Waals surface area (Å²) < 4.78 is 5.13. The number of nitrogens with zero attached hydrogens (tertiary/aromatic N) is 1. The van der Waals surface area contributed by atoms with E-state index in [9.17, 15) is 0 Å². The van der Waals surface area contributed by atoms with Gasteiger partial charge in [0.1, 0.15) is 0 Å². The maximum atomic E-state index is 5.13. The second-order valence-corrected chi connectivity index (χ2v) is 5.25. The number of ether oxygens (including phenoxy) is 1. The van der Waals surface area contributed by atoms with Crippen LogP contribution in [0.2, 0.25) is 0 Å². The third-order valence-corrected chi connectivity index (χ3v) is 3.88. The SMILES string of the molecule is CCNC(C)c1ccc2c(c1)CCN2CCCOC. The molecule has 1 aromatic rings. The molecular weight excluding hydrogens is 236 g/mol. The van der Waals surface area contributed by atoms with E-state index >= 15 is 0 Å². The Kier molecular flexibility index (Phi) is 5.23. The Morgan fingerprint density at radius 2 is 2.26 bits per heavy atom. The molecule has 0 aliphatic carbocycles. The van der Waals surface area contributed by atoms with Gasteiger partial charge in [0.15, 0.2) is 0 Å². The lowest BCUT2D eigenvalue weighted by molar-refractivity contribution is 0.196. The topological polar surface area (TPSA) is 24.5 Å². The molecule has 3 heteroatoms. The standard InChI is InChI=1S/C16H26N2O/c1-4-17-13(2)14-6-7-16-15(12-14)8-10-18(16)9-5-11-19-3/h6-7,12-13,17H,4-5,8-11H2,1-3H3. The Labute approximate surface area is 116 Å². The summed E-state index contributed by atoms with van der Waals surface area (Å²) in [6, 6.07) is 7.37. The number of nitrogens with one attached hydrogen (secondary N) is 1. The minimum Gasteiger partial charge on any atom is -0.385 e. The molecule has 106 valence electrons. The number of benzene rings is 1. The molecule has 1 N–H and O–H groups in total. The first-order chi connectivity index (χ1) is 9.26. The zero-order valence-corrected chi connectivity index (χ0v) is 12.4. The van der Waals surface area contributed by atoms with E-state index in [4.69, 9.17) is 4.74 Å². The zero-order valence-electron chi connectivity index (χ0n) is 12.4. The monoisotopic (exact) mass is 262 g/mol. The Balaban J connectivity index is 2.03. The molecule has 0 bridgehead atoms. The summed E-state index contributed by atoms with van der Waals surface area (Å²) in [5.74, 6) is 0. The van der Waals surface area contributed by atoms with Crippen LogP contribution in [0.5, 0.6) is 0 Å². The highest BCUT2D eigenvalue weighted by atomic mass is 16.5. The van der Waals surface area contributed by atoms with Crippen LogP contribution in [-0.2, 0) is 11.2 Å². The molecule has 0 spiro atoms. The van der Waals surface area contributed by atoms with Gasteiger partial charge in [-0.2, -0.15) is 0 Å². The van der Waals surface area contributed by atoms with Crippen LogP contribution < -0.4 is 10.2 Å². The highest BCUT2D eigenvalue weighted by Crippen LogP contribution is 2.30. The summed E-state index contributed by atoms with van der Waals surface area (Å²) in [5, 5.41) is 3.48. The molecule has 0 radical (unpaired) electrons. The Morgan fingerprint density at radius 1 is 1.42 bits per heavy atom. The number of fused-ring (bicyclic) bond motifs is 1. The highest BCUT2D eigenvalue weighted by molar-refractivity contribution is 5.59. The molecule has 3 nitrogen and oxygen atoms in total. The predicted molar refractivity (Wildman–Crippen MR) is 80.9 cm³/mol. The van der Waals surface area contributed by atoms with Gasteiger partial charge in [-0.05, 0) is 43.5 Å². The fraction of sp³-hybridized carbons (Fsp3) is 0.625. The van der Waals surface area contributed by atoms with Gasteiger partial charge in [-0.1, -0.05) is 19.1 Å². The first-order valence-electron chi connectivity index (χ1n) is 7.36. The van der Waals surface area contributed by atoms with Crippen molar-refractivity contribution in [2.24, 2.45) is 0 Å². The van der Waals surface area contributed by atoms with Crippen LogP contribution in [0.3, 0.4) is 0 Å². The van der Waals surface area contributed by atoms with Crippen LogP contribution in [0, 0.1) is 0 Å². The van der Waals surface area contributed by atoms with Crippen molar-refractivity contribution in [3.63, 3.8) is 0 Å². The molecule has 1 aliphatic rings. The van der Waals surface area contributed by atoms with Crippen LogP contribution in [0.4, 0.5) is 5.69 Å². The van der Waals surface area contributed by atoms with E-state index in [0.717, 1.165) is 32.7 Å². The van der Waals surface area contributed by atoms with Gasteiger partial charge in [0.25, 0.3) is 0 Å². The molecule has 1 heterocycles. The fourth-order valence-electron chi connectivity index (χ4n) is 2.82. The number of anilines is 1. The molecule has 0 aromatic heterocycles. The summed E-state index contributed by atoms with van der Waals surface area (Å²) in [7, 11) is 1.77. The highest BCUT2D eigenvalue weighted by Gasteiger charge is 2.19. The lowest BCUT2D eigenvalue weighted by atomic mass is 10.0. The minimum absolute atomic E-state index is 0.442. The number of hydrogen-bond acceptors (Lipinski definition) is 3. The van der Waals surface area contributed by atoms with Crippen molar-refractivity contribution in [3.05, 3.63) is 29.3 Å². The maximum Gasteiger partial charge on any atom is 0.0479 e. The molecule has 1 unspecified atom stereocenters. The van der Waals surface area contributed by atoms with Crippen molar-refractivity contribution in [2.75, 3.05) is 38.3 Å². The second-order valence-electron chi connectivity index (χ2n) is 5.25. The fourth-order valence-corrected chi connectivity index (χ4v) is 2.82. The molecule has 0 saturated carbocycles. The van der Waals surface area contributed by atoms with Gasteiger partial charge in [-0.15, -0.1) is 0 Å². The average Bonchev–Trinajstić information content (AvgIpc) is 2.82. The van der Waals surface area contributed by atoms with E-state index in [2.05, 4.69) is 42.3 Å². The molecular formula is C16H26N2O. The number of hydrogen-bond donors (Lipinski definition) is 1. The van der Waals surface area contributed by atoms with Gasteiger partial charge in [-0.3, -0.25) is 0 Å². The van der Waals surface area contributed by atoms with E-state index in [-0.39, 0.29) is 0 Å². The molecule has 0 saturated heterocycles. The first kappa shape index (κ1) is 14.4. The second kappa shape index (κ2) is 6.92. The van der Waals surface area contributed by atoms with Gasteiger partial charge >= 0.3 is 0 Å². The van der Waals surface area contributed by atoms with Crippen molar-refractivity contribution < 1.29 is 4.74 Å². The van der Waals surface area contributed by atoms with Crippen LogP contribution in [-0.4, -0.2) is 33.4 Å². The normalized spacial score (nSPS) is 15.6. The molecule has 1 atom stereocenters. The van der Waals surface area contributed by atoms with E-state index in [0.29, 0.717) is 6.04 Å². The van der Waals surface area contributed by atoms with Crippen LogP contribution >= 0.6 is 0 Å². The summed E-state index contributed by atoms with van der Waals surface area (Å²) in [6.45, 7) is 8.50. The van der Waals surface area contributed by atoms with Crippen molar-refractivity contribution >= 4 is 5.69 Å². The number of methoxy groups -OCH3 is 1. The largest absolute Gasteiger partial charge is 0.385 e. The minimum atomic E-state index is 0.442. The van der Waals surface area contributed by atoms with Crippen molar-refractivity contribution in [1.29, 1.82) is 0 Å². The Morgan fingerprint density at radius 3 is 3.00 bits per heavy atom. The lowest BCUT2D eigenvalue weighted by Gasteiger charge is -2.20. The average molecular weight is 262 g/mol. The van der Waals surface area contributed by atoms with Gasteiger partial charge in [-0.25, -0.2) is 0 Å². The van der Waals surface area contributed by atoms with E-state index in [1.165, 1.54) is 23.2 Å². The van der Waals surface area contributed by atoms with Gasteiger partial charge < -0.3 is 15.0 Å². The predicted octanol–water partition coefficient (Wildman–Crippen LogP) is 2.76. The maximum absolute atomic E-state index is 5.13. The quantitative estimate of drug-likeness (QED) is 0.765. The van der Waals surface area contributed by atoms with Crippen LogP contribution in [0.1, 0.15) is 37.4 Å². The summed E-state index contributed by atoms with van der Waals surface area (Å²) >= 11 is 0. The van der Waals surface area contributed by atoms with Crippen molar-refractivity contribution in [1.82, 2.24) is 5.32 Å². The summed E-state index contributed by atoms with van der Waals surface area (Å²) in [5.41, 5.74) is 4.32. The molecule has 19 heavy (non-hydrogen) atoms. The lowest BCUT2D eigenvalue weighted by Crippen LogP contribution is -2.22. The zero-order chi connectivity index (χ0) is 13.7. The van der Waals surface area contributed by atoms with Gasteiger partial charge in [0.2, 0.25) is 0 Å². The van der Waals surface area contributed by atoms with Crippen LogP contribution in [0.15, 0.2) is 18.2 Å². The molecule has 1 aliphatic heterocycles. The third-order valence-electron chi connectivity index (χ3n) is 3.88. The van der Waals surface area contributed by atoms with Crippen molar-refractivity contribution in [3.8, 4) is 0 Å². The molecule has 2 rings (SSSR count). The smallest absolute Gasteiger partial charge is 0.0479 e. The van der Waals surface area contributed by atoms with Gasteiger partial charge in [0.05, 0.1) is 0 Å². The van der Waals surface area contributed by atoms with E-state index in [1.54, 1.807) is 7.11 Å². The summed E-state index contributed by atoms with van der Waals surface area (Å²) in [6.07, 6.45) is 2.28. The Bertz CT molecular complexity index is 406. The molecule has 1 aromatic carbocycles. The van der Waals surface area contributed by atoms with E-state index in [1.807, 2.05) is 0 Å². The summed E-state index contributed by atoms with van der Waals surface area (Å²) in [4.78, 5) is 2.48. The third kappa shape index (κ3) is 3.48. The molecule has 0 amide bonds. The first-order valence-corrected chi connectivity index (χ1v) is 7.36. The van der Waals surface area contributed by atoms with E-state index < -0.39 is 0 Å². The molecule has 0 fully saturated rings. The van der Waals surface area contributed by atoms with Gasteiger partial charge in [0, 0.05) is 38.5 Å².